The summed E-state index contributed by atoms with van der Waals surface area (Å²) >= 11 is 0. The number of aryl methyl sites for hydroxylation is 1. The highest BCUT2D eigenvalue weighted by atomic mass is 16.3. The molecule has 2 N–H and O–H groups in total. The van der Waals surface area contributed by atoms with Crippen LogP contribution in [0.25, 0.3) is 16.9 Å². The van der Waals surface area contributed by atoms with Gasteiger partial charge in [-0.05, 0) is 76.8 Å². The van der Waals surface area contributed by atoms with Gasteiger partial charge in [0.1, 0.15) is 11.4 Å². The Morgan fingerprint density at radius 2 is 1.74 bits per heavy atom. The number of nitrogens with one attached hydrogen (secondary N) is 1. The fraction of sp³-hybridized carbons (Fsp3) is 0.433. The smallest absolute Gasteiger partial charge is 0.229 e. The number of anilines is 3. The number of pyridine rings is 1. The molecule has 0 unspecified atom stereocenters. The number of nitrogens with zero attached hydrogens (tertiary/aromatic N) is 7. The second-order valence-corrected chi connectivity index (χ2v) is 11.0. The lowest BCUT2D eigenvalue weighted by Crippen LogP contribution is -2.48. The summed E-state index contributed by atoms with van der Waals surface area (Å²) in [5.74, 6) is 1.27. The highest BCUT2D eigenvalue weighted by Crippen LogP contribution is 2.27. The molecule has 4 aromatic rings. The normalized spacial score (nSPS) is 14.9. The van der Waals surface area contributed by atoms with Crippen LogP contribution in [0.15, 0.2) is 54.7 Å². The van der Waals surface area contributed by atoms with Crippen molar-refractivity contribution in [2.24, 2.45) is 0 Å². The van der Waals surface area contributed by atoms with E-state index in [1.165, 1.54) is 5.69 Å². The molecule has 9 nitrogen and oxygen atoms in total. The van der Waals surface area contributed by atoms with Crippen molar-refractivity contribution in [2.45, 2.75) is 32.8 Å². The van der Waals surface area contributed by atoms with Gasteiger partial charge in [-0.15, -0.1) is 0 Å². The predicted molar refractivity (Wildman–Crippen MR) is 158 cm³/mol. The van der Waals surface area contributed by atoms with Gasteiger partial charge < -0.3 is 20.2 Å². The first kappa shape index (κ1) is 27.1. The summed E-state index contributed by atoms with van der Waals surface area (Å²) in [5.41, 5.74) is 3.64. The molecule has 206 valence electrons. The predicted octanol–water partition coefficient (Wildman–Crippen LogP) is 4.03. The fourth-order valence-electron chi connectivity index (χ4n) is 4.96. The molecule has 1 aliphatic heterocycles. The minimum absolute atomic E-state index is 0.533. The number of rotatable bonds is 9. The molecule has 0 bridgehead atoms. The maximum absolute atomic E-state index is 10.5. The zero-order valence-corrected chi connectivity index (χ0v) is 23.7. The topological polar surface area (TPSA) is 85.6 Å². The SMILES string of the molecule is CCc1cc2cnc(Nc3ccc(N4CCN(CCN(C)C)CC4)cc3)nc2n1-c1cccc(C(C)(C)O)n1. The third-order valence-corrected chi connectivity index (χ3v) is 7.29. The number of likely N-dealkylation sites (N-methyl/N-ethyl adjacent to an activating group) is 1. The van der Waals surface area contributed by atoms with Crippen LogP contribution in [-0.4, -0.2) is 87.8 Å². The van der Waals surface area contributed by atoms with Crippen molar-refractivity contribution in [3.63, 3.8) is 0 Å². The number of hydrogen-bond donors (Lipinski definition) is 2. The summed E-state index contributed by atoms with van der Waals surface area (Å²) in [6.45, 7) is 12.1. The van der Waals surface area contributed by atoms with E-state index in [1.54, 1.807) is 13.8 Å². The zero-order chi connectivity index (χ0) is 27.6. The van der Waals surface area contributed by atoms with E-state index in [-0.39, 0.29) is 0 Å². The van der Waals surface area contributed by atoms with Crippen molar-refractivity contribution in [3.05, 3.63) is 66.1 Å². The molecule has 1 fully saturated rings. The van der Waals surface area contributed by atoms with Crippen LogP contribution in [0.1, 0.15) is 32.2 Å². The van der Waals surface area contributed by atoms with Crippen molar-refractivity contribution in [1.82, 2.24) is 29.3 Å². The first-order valence-corrected chi connectivity index (χ1v) is 13.8. The van der Waals surface area contributed by atoms with Gasteiger partial charge in [0.05, 0.1) is 5.69 Å². The van der Waals surface area contributed by atoms with Crippen LogP contribution in [-0.2, 0) is 12.0 Å². The molecule has 9 heteroatoms. The van der Waals surface area contributed by atoms with Gasteiger partial charge in [0, 0.05) is 67.9 Å². The van der Waals surface area contributed by atoms with Crippen LogP contribution in [0, 0.1) is 0 Å². The molecule has 0 atom stereocenters. The molecule has 3 aromatic heterocycles. The van der Waals surface area contributed by atoms with Gasteiger partial charge in [-0.3, -0.25) is 9.47 Å². The van der Waals surface area contributed by atoms with E-state index < -0.39 is 5.60 Å². The second kappa shape index (κ2) is 11.3. The molecular weight excluding hydrogens is 488 g/mol. The second-order valence-electron chi connectivity index (χ2n) is 11.0. The van der Waals surface area contributed by atoms with E-state index in [9.17, 15) is 5.11 Å². The molecule has 4 heterocycles. The summed E-state index contributed by atoms with van der Waals surface area (Å²) in [5, 5.41) is 14.8. The summed E-state index contributed by atoms with van der Waals surface area (Å²) in [6.07, 6.45) is 2.67. The maximum atomic E-state index is 10.5. The quantitative estimate of drug-likeness (QED) is 0.337. The molecule has 5 rings (SSSR count). The summed E-state index contributed by atoms with van der Waals surface area (Å²) < 4.78 is 2.05. The average Bonchev–Trinajstić information content (AvgIpc) is 3.30. The Labute approximate surface area is 231 Å². The number of fused-ring (bicyclic) bond motifs is 1. The number of aromatic nitrogens is 4. The molecule has 1 aliphatic rings. The number of benzene rings is 1. The number of aliphatic hydroxyl groups is 1. The van der Waals surface area contributed by atoms with Crippen molar-refractivity contribution in [3.8, 4) is 5.82 Å². The Kier molecular flexibility index (Phi) is 7.83. The van der Waals surface area contributed by atoms with Crippen LogP contribution in [0.2, 0.25) is 0 Å². The lowest BCUT2D eigenvalue weighted by Gasteiger charge is -2.36. The summed E-state index contributed by atoms with van der Waals surface area (Å²) in [4.78, 5) is 21.4. The molecule has 1 saturated heterocycles. The van der Waals surface area contributed by atoms with Gasteiger partial charge in [0.15, 0.2) is 5.65 Å². The Bertz CT molecular complexity index is 1400. The molecule has 0 radical (unpaired) electrons. The number of hydrogen-bond acceptors (Lipinski definition) is 8. The van der Waals surface area contributed by atoms with Gasteiger partial charge in [0.2, 0.25) is 5.95 Å². The largest absolute Gasteiger partial charge is 0.384 e. The third-order valence-electron chi connectivity index (χ3n) is 7.29. The molecule has 0 aliphatic carbocycles. The monoisotopic (exact) mass is 528 g/mol. The van der Waals surface area contributed by atoms with Gasteiger partial charge in [-0.1, -0.05) is 13.0 Å². The van der Waals surface area contributed by atoms with Crippen molar-refractivity contribution < 1.29 is 5.11 Å². The van der Waals surface area contributed by atoms with E-state index in [0.717, 1.165) is 73.9 Å². The van der Waals surface area contributed by atoms with Crippen LogP contribution < -0.4 is 10.2 Å². The Balaban J connectivity index is 1.33. The lowest BCUT2D eigenvalue weighted by atomic mass is 10.1. The van der Waals surface area contributed by atoms with Crippen LogP contribution in [0.3, 0.4) is 0 Å². The Morgan fingerprint density at radius 1 is 1.00 bits per heavy atom. The van der Waals surface area contributed by atoms with Crippen molar-refractivity contribution in [1.29, 1.82) is 0 Å². The molecular formula is C30H40N8O. The minimum Gasteiger partial charge on any atom is -0.384 e. The van der Waals surface area contributed by atoms with Crippen LogP contribution in [0.5, 0.6) is 0 Å². The van der Waals surface area contributed by atoms with Gasteiger partial charge in [-0.25, -0.2) is 9.97 Å². The minimum atomic E-state index is -1.03. The lowest BCUT2D eigenvalue weighted by molar-refractivity contribution is 0.0738. The molecule has 39 heavy (non-hydrogen) atoms. The highest BCUT2D eigenvalue weighted by Gasteiger charge is 2.20. The summed E-state index contributed by atoms with van der Waals surface area (Å²) in [6, 6.07) is 16.3. The average molecular weight is 529 g/mol. The van der Waals surface area contributed by atoms with Crippen molar-refractivity contribution in [2.75, 3.05) is 63.6 Å². The maximum Gasteiger partial charge on any atom is 0.229 e. The van der Waals surface area contributed by atoms with Crippen LogP contribution in [0.4, 0.5) is 17.3 Å². The van der Waals surface area contributed by atoms with E-state index in [1.807, 2.05) is 24.4 Å². The van der Waals surface area contributed by atoms with Gasteiger partial charge in [0.25, 0.3) is 0 Å². The van der Waals surface area contributed by atoms with Gasteiger partial charge in [-0.2, -0.15) is 4.98 Å². The van der Waals surface area contributed by atoms with E-state index in [2.05, 4.69) is 80.9 Å². The van der Waals surface area contributed by atoms with Gasteiger partial charge >= 0.3 is 0 Å². The van der Waals surface area contributed by atoms with E-state index in [4.69, 9.17) is 9.97 Å². The molecule has 0 amide bonds. The fourth-order valence-corrected chi connectivity index (χ4v) is 4.96. The first-order chi connectivity index (χ1) is 18.7. The molecule has 1 aromatic carbocycles. The first-order valence-electron chi connectivity index (χ1n) is 13.8. The van der Waals surface area contributed by atoms with Crippen molar-refractivity contribution >= 4 is 28.4 Å². The Morgan fingerprint density at radius 3 is 2.41 bits per heavy atom. The Hall–Kier alpha value is -3.53. The molecule has 0 spiro atoms. The van der Waals surface area contributed by atoms with Crippen LogP contribution >= 0.6 is 0 Å². The number of piperazine rings is 1. The highest BCUT2D eigenvalue weighted by molar-refractivity contribution is 5.80. The zero-order valence-electron chi connectivity index (χ0n) is 23.7. The van der Waals surface area contributed by atoms with E-state index >= 15 is 0 Å². The molecule has 0 saturated carbocycles. The standard InChI is InChI=1S/C30H40N8O/c1-6-24-20-22-21-31-29(34-28(22)38(24)27-9-7-8-26(33-27)30(2,3)39)32-23-10-12-25(13-11-23)37-18-16-36(17-19-37)15-14-35(4)5/h7-13,20-21,39H,6,14-19H2,1-5H3,(H,31,32,34). The summed E-state index contributed by atoms with van der Waals surface area (Å²) in [7, 11) is 4.26. The third kappa shape index (κ3) is 6.21. The van der Waals surface area contributed by atoms with E-state index in [0.29, 0.717) is 11.6 Å².